The second-order valence-corrected chi connectivity index (χ2v) is 8.58. The van der Waals surface area contributed by atoms with E-state index in [1.807, 2.05) is 6.07 Å². The summed E-state index contributed by atoms with van der Waals surface area (Å²) in [7, 11) is -3.56. The lowest BCUT2D eigenvalue weighted by Gasteiger charge is -2.34. The summed E-state index contributed by atoms with van der Waals surface area (Å²) in [5.41, 5.74) is 7.33. The topological polar surface area (TPSA) is 113 Å². The lowest BCUT2D eigenvalue weighted by Crippen LogP contribution is -2.52. The number of amides is 3. The van der Waals surface area contributed by atoms with E-state index in [4.69, 9.17) is 5.73 Å². The molecule has 0 spiro atoms. The Morgan fingerprint density at radius 2 is 1.69 bits per heavy atom. The molecule has 1 aromatic carbocycles. The molecule has 8 nitrogen and oxygen atoms in total. The third-order valence-electron chi connectivity index (χ3n) is 4.96. The number of nitrogens with two attached hydrogens (primary N) is 1. The highest BCUT2D eigenvalue weighted by atomic mass is 32.2. The van der Waals surface area contributed by atoms with E-state index in [0.717, 1.165) is 31.2 Å². The highest BCUT2D eigenvalue weighted by molar-refractivity contribution is 7.89. The molecule has 1 aromatic rings. The smallest absolute Gasteiger partial charge is 0.312 e. The Labute approximate surface area is 153 Å². The third-order valence-corrected chi connectivity index (χ3v) is 6.86. The SMILES string of the molecule is NC(=O)NCC(=O)N1CCN(S(=O)(=O)c2ccc3c(c2)CCCC3)CC1. The molecule has 0 radical (unpaired) electrons. The van der Waals surface area contributed by atoms with Crippen LogP contribution in [0.5, 0.6) is 0 Å². The number of urea groups is 1. The average molecular weight is 380 g/mol. The van der Waals surface area contributed by atoms with Gasteiger partial charge in [0.25, 0.3) is 0 Å². The van der Waals surface area contributed by atoms with Gasteiger partial charge in [-0.05, 0) is 48.9 Å². The van der Waals surface area contributed by atoms with Gasteiger partial charge in [0.1, 0.15) is 0 Å². The van der Waals surface area contributed by atoms with Crippen LogP contribution in [0.1, 0.15) is 24.0 Å². The molecule has 0 aromatic heterocycles. The maximum atomic E-state index is 12.9. The Hall–Kier alpha value is -2.13. The van der Waals surface area contributed by atoms with Crippen molar-refractivity contribution in [2.75, 3.05) is 32.7 Å². The van der Waals surface area contributed by atoms with Gasteiger partial charge in [-0.15, -0.1) is 0 Å². The van der Waals surface area contributed by atoms with Gasteiger partial charge in [-0.3, -0.25) is 4.79 Å². The predicted octanol–water partition coefficient (Wildman–Crippen LogP) is 0.0666. The maximum Gasteiger partial charge on any atom is 0.312 e. The number of fused-ring (bicyclic) bond motifs is 1. The number of benzene rings is 1. The molecule has 142 valence electrons. The number of hydrogen-bond acceptors (Lipinski definition) is 4. The number of carbonyl (C=O) groups is 2. The van der Waals surface area contributed by atoms with Gasteiger partial charge in [0.05, 0.1) is 11.4 Å². The minimum absolute atomic E-state index is 0.174. The highest BCUT2D eigenvalue weighted by Crippen LogP contribution is 2.26. The van der Waals surface area contributed by atoms with Crippen LogP contribution in [0.3, 0.4) is 0 Å². The molecule has 0 bridgehead atoms. The lowest BCUT2D eigenvalue weighted by atomic mass is 9.92. The minimum atomic E-state index is -3.56. The zero-order valence-electron chi connectivity index (χ0n) is 14.6. The fraction of sp³-hybridized carbons (Fsp3) is 0.529. The van der Waals surface area contributed by atoms with Crippen LogP contribution in [-0.4, -0.2) is 62.3 Å². The molecule has 0 saturated carbocycles. The van der Waals surface area contributed by atoms with Crippen LogP contribution < -0.4 is 11.1 Å². The molecule has 0 unspecified atom stereocenters. The first-order valence-electron chi connectivity index (χ1n) is 8.81. The van der Waals surface area contributed by atoms with Crippen molar-refractivity contribution in [2.24, 2.45) is 5.73 Å². The van der Waals surface area contributed by atoms with Crippen molar-refractivity contribution < 1.29 is 18.0 Å². The summed E-state index contributed by atoms with van der Waals surface area (Å²) in [5, 5.41) is 2.25. The van der Waals surface area contributed by atoms with Crippen LogP contribution in [0.4, 0.5) is 4.79 Å². The van der Waals surface area contributed by atoms with E-state index in [9.17, 15) is 18.0 Å². The standard InChI is InChI=1S/C17H24N4O4S/c18-17(23)19-12-16(22)20-7-9-21(10-8-20)26(24,25)15-6-5-13-3-1-2-4-14(13)11-15/h5-6,11H,1-4,7-10,12H2,(H3,18,19,23). The summed E-state index contributed by atoms with van der Waals surface area (Å²) in [4.78, 5) is 24.5. The molecule has 1 aliphatic carbocycles. The van der Waals surface area contributed by atoms with Crippen molar-refractivity contribution in [3.05, 3.63) is 29.3 Å². The average Bonchev–Trinajstić information content (AvgIpc) is 2.65. The number of sulfonamides is 1. The second-order valence-electron chi connectivity index (χ2n) is 6.64. The fourth-order valence-corrected chi connectivity index (χ4v) is 4.95. The van der Waals surface area contributed by atoms with Gasteiger partial charge >= 0.3 is 6.03 Å². The maximum absolute atomic E-state index is 12.9. The highest BCUT2D eigenvalue weighted by Gasteiger charge is 2.30. The summed E-state index contributed by atoms with van der Waals surface area (Å²) >= 11 is 0. The van der Waals surface area contributed by atoms with Crippen LogP contribution in [0.25, 0.3) is 0 Å². The van der Waals surface area contributed by atoms with Gasteiger partial charge in [0.15, 0.2) is 0 Å². The molecule has 1 heterocycles. The van der Waals surface area contributed by atoms with Crippen molar-refractivity contribution in [2.45, 2.75) is 30.6 Å². The summed E-state index contributed by atoms with van der Waals surface area (Å²) < 4.78 is 27.2. The molecule has 1 fully saturated rings. The molecule has 9 heteroatoms. The van der Waals surface area contributed by atoms with E-state index in [1.165, 1.54) is 14.8 Å². The molecule has 3 N–H and O–H groups in total. The zero-order valence-corrected chi connectivity index (χ0v) is 15.4. The summed E-state index contributed by atoms with van der Waals surface area (Å²) in [6.07, 6.45) is 4.18. The van der Waals surface area contributed by atoms with E-state index >= 15 is 0 Å². The second kappa shape index (κ2) is 7.63. The third kappa shape index (κ3) is 3.99. The van der Waals surface area contributed by atoms with Crippen molar-refractivity contribution in [1.29, 1.82) is 0 Å². The molecule has 26 heavy (non-hydrogen) atoms. The molecular formula is C17H24N4O4S. The molecule has 1 aliphatic heterocycles. The summed E-state index contributed by atoms with van der Waals surface area (Å²) in [6, 6.07) is 4.66. The van der Waals surface area contributed by atoms with E-state index in [0.29, 0.717) is 18.0 Å². The van der Waals surface area contributed by atoms with E-state index in [2.05, 4.69) is 5.32 Å². The van der Waals surface area contributed by atoms with Gasteiger partial charge in [-0.25, -0.2) is 13.2 Å². The predicted molar refractivity (Wildman–Crippen MR) is 96.0 cm³/mol. The van der Waals surface area contributed by atoms with Crippen LogP contribution in [0.2, 0.25) is 0 Å². The number of aryl methyl sites for hydroxylation is 2. The van der Waals surface area contributed by atoms with Gasteiger partial charge in [-0.1, -0.05) is 6.07 Å². The number of nitrogens with one attached hydrogen (secondary N) is 1. The first kappa shape index (κ1) is 18.7. The van der Waals surface area contributed by atoms with E-state index in [1.54, 1.807) is 12.1 Å². The molecular weight excluding hydrogens is 356 g/mol. The normalized spacial score (nSPS) is 18.2. The van der Waals surface area contributed by atoms with Crippen LogP contribution in [0.15, 0.2) is 23.1 Å². The Morgan fingerprint density at radius 3 is 2.35 bits per heavy atom. The summed E-state index contributed by atoms with van der Waals surface area (Å²) in [5.74, 6) is -0.269. The van der Waals surface area contributed by atoms with E-state index in [-0.39, 0.29) is 25.5 Å². The van der Waals surface area contributed by atoms with Gasteiger partial charge in [0, 0.05) is 26.2 Å². The molecule has 1 saturated heterocycles. The molecule has 3 rings (SSSR count). The Kier molecular flexibility index (Phi) is 5.47. The van der Waals surface area contributed by atoms with Crippen molar-refractivity contribution >= 4 is 22.0 Å². The Bertz CT molecular complexity index is 801. The largest absolute Gasteiger partial charge is 0.352 e. The van der Waals surface area contributed by atoms with Crippen molar-refractivity contribution in [3.63, 3.8) is 0 Å². The Morgan fingerprint density at radius 1 is 1.04 bits per heavy atom. The quantitative estimate of drug-likeness (QED) is 0.769. The van der Waals surface area contributed by atoms with Gasteiger partial charge in [-0.2, -0.15) is 4.31 Å². The number of piperazine rings is 1. The van der Waals surface area contributed by atoms with Crippen molar-refractivity contribution in [3.8, 4) is 0 Å². The van der Waals surface area contributed by atoms with E-state index < -0.39 is 16.1 Å². The first-order valence-corrected chi connectivity index (χ1v) is 10.2. The monoisotopic (exact) mass is 380 g/mol. The van der Waals surface area contributed by atoms with Crippen molar-refractivity contribution in [1.82, 2.24) is 14.5 Å². The fourth-order valence-electron chi connectivity index (χ4n) is 3.47. The first-order chi connectivity index (χ1) is 12.4. The lowest BCUT2D eigenvalue weighted by molar-refractivity contribution is -0.131. The van der Waals surface area contributed by atoms with Crippen LogP contribution in [0, 0.1) is 0 Å². The molecule has 0 atom stereocenters. The van der Waals surface area contributed by atoms with Gasteiger partial charge < -0.3 is 16.0 Å². The number of primary amides is 1. The number of nitrogens with zero attached hydrogens (tertiary/aromatic N) is 2. The number of hydrogen-bond donors (Lipinski definition) is 2. The minimum Gasteiger partial charge on any atom is -0.352 e. The van der Waals surface area contributed by atoms with Crippen LogP contribution in [-0.2, 0) is 27.7 Å². The van der Waals surface area contributed by atoms with Crippen LogP contribution >= 0.6 is 0 Å². The summed E-state index contributed by atoms with van der Waals surface area (Å²) in [6.45, 7) is 0.892. The van der Waals surface area contributed by atoms with Gasteiger partial charge in [0.2, 0.25) is 15.9 Å². The zero-order chi connectivity index (χ0) is 18.7. The Balaban J connectivity index is 1.65. The number of rotatable bonds is 4. The molecule has 2 aliphatic rings. The number of carbonyl (C=O) groups excluding carboxylic acids is 2. The molecule has 3 amide bonds.